The highest BCUT2D eigenvalue weighted by Crippen LogP contribution is 2.31. The van der Waals surface area contributed by atoms with Crippen molar-refractivity contribution in [2.45, 2.75) is 71.0 Å². The van der Waals surface area contributed by atoms with Crippen LogP contribution in [0.15, 0.2) is 30.5 Å². The molecule has 0 aliphatic carbocycles. The summed E-state index contributed by atoms with van der Waals surface area (Å²) < 4.78 is 0. The minimum atomic E-state index is 0.102. The van der Waals surface area contributed by atoms with Crippen LogP contribution < -0.4 is 10.6 Å². The van der Waals surface area contributed by atoms with E-state index in [0.29, 0.717) is 6.04 Å². The molecule has 1 aliphatic rings. The van der Waals surface area contributed by atoms with Gasteiger partial charge in [0.15, 0.2) is 0 Å². The Morgan fingerprint density at radius 3 is 2.62 bits per heavy atom. The van der Waals surface area contributed by atoms with Crippen LogP contribution in [-0.2, 0) is 0 Å². The van der Waals surface area contributed by atoms with E-state index in [9.17, 15) is 0 Å². The molecule has 0 saturated carbocycles. The van der Waals surface area contributed by atoms with E-state index in [4.69, 9.17) is 4.98 Å². The van der Waals surface area contributed by atoms with Crippen LogP contribution in [0.1, 0.15) is 58.8 Å². The normalized spacial score (nSPS) is 19.7. The van der Waals surface area contributed by atoms with E-state index in [1.807, 2.05) is 12.3 Å². The zero-order valence-electron chi connectivity index (χ0n) is 16.5. The summed E-state index contributed by atoms with van der Waals surface area (Å²) in [7, 11) is 0. The highest BCUT2D eigenvalue weighted by Gasteiger charge is 2.37. The number of nitrogens with zero attached hydrogens (tertiary/aromatic N) is 2. The topological polar surface area (TPSA) is 49.8 Å². The second-order valence-corrected chi connectivity index (χ2v) is 9.54. The molecule has 1 saturated heterocycles. The first-order valence-corrected chi connectivity index (χ1v) is 10.2. The van der Waals surface area contributed by atoms with Gasteiger partial charge in [0.05, 0.1) is 10.6 Å². The maximum absolute atomic E-state index is 4.77. The highest BCUT2D eigenvalue weighted by molar-refractivity contribution is 7.16. The van der Waals surface area contributed by atoms with Crippen LogP contribution in [0.4, 0.5) is 5.95 Å². The zero-order valence-corrected chi connectivity index (χ0v) is 17.3. The minimum Gasteiger partial charge on any atom is -0.351 e. The predicted molar refractivity (Wildman–Crippen MR) is 113 cm³/mol. The van der Waals surface area contributed by atoms with E-state index in [-0.39, 0.29) is 11.1 Å². The third kappa shape index (κ3) is 4.92. The summed E-state index contributed by atoms with van der Waals surface area (Å²) in [5.41, 5.74) is 1.19. The second kappa shape index (κ2) is 7.49. The van der Waals surface area contributed by atoms with Gasteiger partial charge < -0.3 is 10.6 Å². The summed E-state index contributed by atoms with van der Waals surface area (Å²) in [5.74, 6) is 0.722. The van der Waals surface area contributed by atoms with Crippen molar-refractivity contribution in [2.75, 3.05) is 5.32 Å². The van der Waals surface area contributed by atoms with Crippen LogP contribution >= 0.6 is 11.3 Å². The molecule has 3 heterocycles. The lowest BCUT2D eigenvalue weighted by molar-refractivity contribution is 0.170. The van der Waals surface area contributed by atoms with Gasteiger partial charge in [0, 0.05) is 28.2 Å². The highest BCUT2D eigenvalue weighted by atomic mass is 32.1. The van der Waals surface area contributed by atoms with Crippen molar-refractivity contribution in [1.82, 2.24) is 15.3 Å². The number of hydrogen-bond acceptors (Lipinski definition) is 5. The lowest BCUT2D eigenvalue weighted by atomic mass is 9.80. The second-order valence-electron chi connectivity index (χ2n) is 8.42. The third-order valence-electron chi connectivity index (χ3n) is 4.58. The fraction of sp³-hybridized carbons (Fsp3) is 0.524. The molecule has 0 spiro atoms. The Hall–Kier alpha value is -1.72. The van der Waals surface area contributed by atoms with E-state index in [0.717, 1.165) is 30.9 Å². The molecule has 2 N–H and O–H groups in total. The maximum Gasteiger partial charge on any atom is 0.223 e. The Labute approximate surface area is 161 Å². The molecular formula is C21H30N4S. The number of hydrogen-bond donors (Lipinski definition) is 2. The van der Waals surface area contributed by atoms with Gasteiger partial charge >= 0.3 is 0 Å². The molecule has 1 aliphatic heterocycles. The van der Waals surface area contributed by atoms with Crippen molar-refractivity contribution in [1.29, 1.82) is 0 Å². The Morgan fingerprint density at radius 1 is 1.19 bits per heavy atom. The van der Waals surface area contributed by atoms with Gasteiger partial charge in [-0.25, -0.2) is 9.97 Å². The van der Waals surface area contributed by atoms with Crippen LogP contribution in [-0.4, -0.2) is 27.1 Å². The van der Waals surface area contributed by atoms with Crippen LogP contribution in [0, 0.1) is 0 Å². The summed E-state index contributed by atoms with van der Waals surface area (Å²) in [6, 6.07) is 6.64. The van der Waals surface area contributed by atoms with Gasteiger partial charge in [0.1, 0.15) is 0 Å². The van der Waals surface area contributed by atoms with Gasteiger partial charge in [0.2, 0.25) is 5.95 Å². The molecule has 4 nitrogen and oxygen atoms in total. The number of anilines is 1. The standard InChI is InChI=1S/C21H30N4S/c1-6-7-8-16-9-10-18(26-16)17-11-12-22-19(24-17)23-15-13-20(2,3)25-21(4,5)14-15/h7-12,15,25H,6,13-14H2,1-5H3,(H,22,23,24)/b8-7+. The van der Waals surface area contributed by atoms with Gasteiger partial charge in [-0.3, -0.25) is 0 Å². The first kappa shape index (κ1) is 19.1. The van der Waals surface area contributed by atoms with Crippen molar-refractivity contribution < 1.29 is 0 Å². The summed E-state index contributed by atoms with van der Waals surface area (Å²) in [6.07, 6.45) is 9.36. The quantitative estimate of drug-likeness (QED) is 0.745. The molecule has 2 aromatic rings. The third-order valence-corrected chi connectivity index (χ3v) is 5.65. The van der Waals surface area contributed by atoms with Gasteiger partial charge in [0.25, 0.3) is 0 Å². The first-order valence-electron chi connectivity index (χ1n) is 9.42. The van der Waals surface area contributed by atoms with Crippen molar-refractivity contribution in [2.24, 2.45) is 0 Å². The summed E-state index contributed by atoms with van der Waals surface area (Å²) in [6.45, 7) is 11.2. The summed E-state index contributed by atoms with van der Waals surface area (Å²) >= 11 is 1.77. The number of nitrogens with one attached hydrogen (secondary N) is 2. The Kier molecular flexibility index (Phi) is 5.49. The molecule has 0 bridgehead atoms. The largest absolute Gasteiger partial charge is 0.351 e. The molecular weight excluding hydrogens is 340 g/mol. The Bertz CT molecular complexity index is 760. The lowest BCUT2D eigenvalue weighted by Gasteiger charge is -2.46. The van der Waals surface area contributed by atoms with Crippen molar-refractivity contribution in [3.05, 3.63) is 35.3 Å². The molecule has 0 radical (unpaired) electrons. The monoisotopic (exact) mass is 370 g/mol. The number of allylic oxidation sites excluding steroid dienone is 1. The first-order chi connectivity index (χ1) is 12.3. The van der Waals surface area contributed by atoms with Crippen LogP contribution in [0.3, 0.4) is 0 Å². The molecule has 5 heteroatoms. The molecule has 0 atom stereocenters. The van der Waals surface area contributed by atoms with Crippen molar-refractivity contribution in [3.63, 3.8) is 0 Å². The predicted octanol–water partition coefficient (Wildman–Crippen LogP) is 5.35. The molecule has 140 valence electrons. The fourth-order valence-corrected chi connectivity index (χ4v) is 4.90. The van der Waals surface area contributed by atoms with Gasteiger partial charge in [-0.1, -0.05) is 13.0 Å². The van der Waals surface area contributed by atoms with E-state index in [1.54, 1.807) is 11.3 Å². The van der Waals surface area contributed by atoms with Crippen LogP contribution in [0.5, 0.6) is 0 Å². The molecule has 3 rings (SSSR count). The van der Waals surface area contributed by atoms with Gasteiger partial charge in [-0.2, -0.15) is 0 Å². The zero-order chi connectivity index (χ0) is 18.8. The van der Waals surface area contributed by atoms with Crippen molar-refractivity contribution >= 4 is 23.4 Å². The number of aromatic nitrogens is 2. The lowest BCUT2D eigenvalue weighted by Crippen LogP contribution is -2.60. The van der Waals surface area contributed by atoms with Crippen LogP contribution in [0.25, 0.3) is 16.6 Å². The van der Waals surface area contributed by atoms with E-state index in [2.05, 4.69) is 74.5 Å². The molecule has 0 aromatic carbocycles. The van der Waals surface area contributed by atoms with E-state index in [1.165, 1.54) is 9.75 Å². The molecule has 1 fully saturated rings. The SMILES string of the molecule is CC/C=C/c1ccc(-c2ccnc(NC3CC(C)(C)NC(C)(C)C3)n2)s1. The van der Waals surface area contributed by atoms with Gasteiger partial charge in [-0.05, 0) is 71.2 Å². The number of rotatable bonds is 5. The average Bonchev–Trinajstić information content (AvgIpc) is 2.99. The van der Waals surface area contributed by atoms with Crippen LogP contribution in [0.2, 0.25) is 0 Å². The fourth-order valence-electron chi connectivity index (χ4n) is 3.99. The Morgan fingerprint density at radius 2 is 1.92 bits per heavy atom. The van der Waals surface area contributed by atoms with Gasteiger partial charge in [-0.15, -0.1) is 11.3 Å². The smallest absolute Gasteiger partial charge is 0.223 e. The molecule has 26 heavy (non-hydrogen) atoms. The van der Waals surface area contributed by atoms with Crippen molar-refractivity contribution in [3.8, 4) is 10.6 Å². The van der Waals surface area contributed by atoms with E-state index < -0.39 is 0 Å². The average molecular weight is 371 g/mol. The summed E-state index contributed by atoms with van der Waals surface area (Å²) in [5, 5.41) is 7.29. The molecule has 2 aromatic heterocycles. The number of piperidine rings is 1. The maximum atomic E-state index is 4.77. The van der Waals surface area contributed by atoms with E-state index >= 15 is 0 Å². The molecule has 0 unspecified atom stereocenters. The molecule has 0 amide bonds. The summed E-state index contributed by atoms with van der Waals surface area (Å²) in [4.78, 5) is 11.7. The minimum absolute atomic E-state index is 0.102. The number of thiophene rings is 1. The Balaban J connectivity index is 1.75.